The van der Waals surface area contributed by atoms with E-state index in [1.165, 1.54) is 4.90 Å². The molecule has 0 bridgehead atoms. The van der Waals surface area contributed by atoms with Crippen molar-refractivity contribution in [2.45, 2.75) is 70.2 Å². The summed E-state index contributed by atoms with van der Waals surface area (Å²) in [6.07, 6.45) is 1.57. The highest BCUT2D eigenvalue weighted by atomic mass is 79.9. The van der Waals surface area contributed by atoms with Gasteiger partial charge in [0.15, 0.2) is 0 Å². The predicted molar refractivity (Wildman–Crippen MR) is 112 cm³/mol. The highest BCUT2D eigenvalue weighted by Gasteiger charge is 2.41. The van der Waals surface area contributed by atoms with Gasteiger partial charge in [-0.3, -0.25) is 0 Å². The molecule has 1 aliphatic rings. The SMILES string of the molecule is CC1(C)C[C@H](CCC(N[S+]([O-])C(C)(C)C)c2cccc(Br)n2)CN1C(=O)O. The Kier molecular flexibility index (Phi) is 7.22. The highest BCUT2D eigenvalue weighted by molar-refractivity contribution is 9.10. The van der Waals surface area contributed by atoms with Gasteiger partial charge in [-0.2, -0.15) is 0 Å². The van der Waals surface area contributed by atoms with Gasteiger partial charge < -0.3 is 14.6 Å². The number of nitrogens with zero attached hydrogens (tertiary/aromatic N) is 2. The van der Waals surface area contributed by atoms with Gasteiger partial charge in [0.1, 0.15) is 9.35 Å². The van der Waals surface area contributed by atoms with Crippen LogP contribution in [-0.2, 0) is 11.4 Å². The van der Waals surface area contributed by atoms with Crippen LogP contribution in [0, 0.1) is 5.92 Å². The summed E-state index contributed by atoms with van der Waals surface area (Å²) < 4.78 is 16.3. The van der Waals surface area contributed by atoms with Gasteiger partial charge in [0.05, 0.1) is 11.7 Å². The third kappa shape index (κ3) is 6.07. The molecule has 1 amide bonds. The monoisotopic (exact) mass is 459 g/mol. The van der Waals surface area contributed by atoms with E-state index >= 15 is 0 Å². The lowest BCUT2D eigenvalue weighted by atomic mass is 9.91. The van der Waals surface area contributed by atoms with E-state index in [1.807, 2.05) is 52.8 Å². The van der Waals surface area contributed by atoms with Crippen LogP contribution in [0.4, 0.5) is 4.79 Å². The van der Waals surface area contributed by atoms with Gasteiger partial charge in [0.2, 0.25) is 0 Å². The number of halogens is 1. The number of hydrogen-bond acceptors (Lipinski definition) is 4. The molecule has 1 aliphatic heterocycles. The van der Waals surface area contributed by atoms with Gasteiger partial charge in [-0.05, 0) is 87.9 Å². The number of hydrogen-bond donors (Lipinski definition) is 2. The van der Waals surface area contributed by atoms with Crippen LogP contribution in [0.25, 0.3) is 0 Å². The number of pyridine rings is 1. The molecule has 1 saturated heterocycles. The average Bonchev–Trinajstić information content (AvgIpc) is 2.85. The van der Waals surface area contributed by atoms with Crippen molar-refractivity contribution in [1.82, 2.24) is 14.6 Å². The summed E-state index contributed by atoms with van der Waals surface area (Å²) >= 11 is 2.19. The summed E-state index contributed by atoms with van der Waals surface area (Å²) in [6, 6.07) is 5.58. The molecule has 3 atom stereocenters. The van der Waals surface area contributed by atoms with Crippen LogP contribution in [0.3, 0.4) is 0 Å². The third-order valence-corrected chi connectivity index (χ3v) is 7.01. The normalized spacial score (nSPS) is 21.9. The molecule has 8 heteroatoms. The van der Waals surface area contributed by atoms with Crippen LogP contribution in [-0.4, -0.2) is 42.5 Å². The summed E-state index contributed by atoms with van der Waals surface area (Å²) in [5, 5.41) is 9.42. The number of likely N-dealkylation sites (tertiary alicyclic amines) is 1. The largest absolute Gasteiger partial charge is 0.598 e. The zero-order chi connectivity index (χ0) is 20.4. The Labute approximate surface area is 173 Å². The van der Waals surface area contributed by atoms with Crippen LogP contribution in [0.2, 0.25) is 0 Å². The van der Waals surface area contributed by atoms with Gasteiger partial charge in [-0.15, -0.1) is 4.72 Å². The second-order valence-corrected chi connectivity index (χ2v) is 11.6. The summed E-state index contributed by atoms with van der Waals surface area (Å²) in [5.41, 5.74) is 0.496. The molecular weight excluding hydrogens is 430 g/mol. The molecule has 1 fully saturated rings. The molecule has 27 heavy (non-hydrogen) atoms. The quantitative estimate of drug-likeness (QED) is 0.482. The second kappa shape index (κ2) is 8.68. The molecule has 152 valence electrons. The summed E-state index contributed by atoms with van der Waals surface area (Å²) in [5.74, 6) is 0.288. The molecule has 0 aromatic carbocycles. The van der Waals surface area contributed by atoms with Crippen molar-refractivity contribution in [2.75, 3.05) is 6.54 Å². The minimum absolute atomic E-state index is 0.149. The van der Waals surface area contributed by atoms with Crippen molar-refractivity contribution in [3.63, 3.8) is 0 Å². The molecule has 2 N–H and O–H groups in total. The third-order valence-electron chi connectivity index (χ3n) is 4.95. The van der Waals surface area contributed by atoms with E-state index in [9.17, 15) is 14.5 Å². The molecule has 2 unspecified atom stereocenters. The van der Waals surface area contributed by atoms with Crippen LogP contribution in [0.5, 0.6) is 0 Å². The van der Waals surface area contributed by atoms with Crippen LogP contribution in [0.1, 0.15) is 65.6 Å². The van der Waals surface area contributed by atoms with Crippen molar-refractivity contribution in [3.05, 3.63) is 28.5 Å². The van der Waals surface area contributed by atoms with E-state index in [0.717, 1.165) is 29.6 Å². The van der Waals surface area contributed by atoms with Crippen molar-refractivity contribution >= 4 is 33.4 Å². The first-order valence-corrected chi connectivity index (χ1v) is 11.2. The molecule has 0 spiro atoms. The van der Waals surface area contributed by atoms with E-state index in [2.05, 4.69) is 25.6 Å². The Morgan fingerprint density at radius 2 is 2.19 bits per heavy atom. The van der Waals surface area contributed by atoms with E-state index in [0.29, 0.717) is 6.54 Å². The zero-order valence-electron chi connectivity index (χ0n) is 16.7. The average molecular weight is 460 g/mol. The Hall–Kier alpha value is -0.830. The topological polar surface area (TPSA) is 88.5 Å². The van der Waals surface area contributed by atoms with E-state index in [1.54, 1.807) is 0 Å². The van der Waals surface area contributed by atoms with Crippen molar-refractivity contribution < 1.29 is 14.5 Å². The van der Waals surface area contributed by atoms with E-state index in [-0.39, 0.29) is 22.2 Å². The maximum Gasteiger partial charge on any atom is 0.407 e. The first kappa shape index (κ1) is 22.5. The number of carbonyl (C=O) groups is 1. The Morgan fingerprint density at radius 1 is 1.52 bits per heavy atom. The van der Waals surface area contributed by atoms with Crippen LogP contribution >= 0.6 is 15.9 Å². The summed E-state index contributed by atoms with van der Waals surface area (Å²) in [4.78, 5) is 17.5. The summed E-state index contributed by atoms with van der Waals surface area (Å²) in [7, 11) is 0. The fourth-order valence-corrected chi connectivity index (χ4v) is 4.72. The van der Waals surface area contributed by atoms with Crippen LogP contribution < -0.4 is 4.72 Å². The minimum Gasteiger partial charge on any atom is -0.598 e. The minimum atomic E-state index is -1.22. The Balaban J connectivity index is 2.10. The van der Waals surface area contributed by atoms with Crippen LogP contribution in [0.15, 0.2) is 22.8 Å². The second-order valence-electron chi connectivity index (χ2n) is 8.79. The number of aromatic nitrogens is 1. The Bertz CT molecular complexity index is 666. The number of rotatable bonds is 6. The van der Waals surface area contributed by atoms with Crippen molar-refractivity contribution in [2.24, 2.45) is 5.92 Å². The lowest BCUT2D eigenvalue weighted by Gasteiger charge is -2.28. The van der Waals surface area contributed by atoms with Gasteiger partial charge in [-0.1, -0.05) is 6.07 Å². The molecule has 0 saturated carbocycles. The van der Waals surface area contributed by atoms with Crippen molar-refractivity contribution in [1.29, 1.82) is 0 Å². The molecule has 0 aliphatic carbocycles. The zero-order valence-corrected chi connectivity index (χ0v) is 19.1. The standard InChI is InChI=1S/C19H30BrN3O3S/c1-18(2,3)27(26)22-15(14-7-6-8-16(20)21-14)10-9-13-11-19(4,5)23(12-13)17(24)25/h6-8,13,15,22H,9-12H2,1-5H3,(H,24,25)/t13-,15?,27?/m0/s1. The van der Waals surface area contributed by atoms with E-state index < -0.39 is 17.5 Å². The lowest BCUT2D eigenvalue weighted by Crippen LogP contribution is -2.41. The first-order chi connectivity index (χ1) is 12.4. The van der Waals surface area contributed by atoms with Gasteiger partial charge in [-0.25, -0.2) is 9.78 Å². The smallest absolute Gasteiger partial charge is 0.407 e. The van der Waals surface area contributed by atoms with Gasteiger partial charge >= 0.3 is 6.09 Å². The fraction of sp³-hybridized carbons (Fsp3) is 0.684. The first-order valence-electron chi connectivity index (χ1n) is 9.21. The van der Waals surface area contributed by atoms with Gasteiger partial charge in [0, 0.05) is 23.4 Å². The fourth-order valence-electron chi connectivity index (χ4n) is 3.51. The number of nitrogens with one attached hydrogen (secondary N) is 1. The molecule has 2 rings (SSSR count). The number of amides is 1. The maximum atomic E-state index is 12.6. The Morgan fingerprint density at radius 3 is 2.70 bits per heavy atom. The van der Waals surface area contributed by atoms with Crippen molar-refractivity contribution in [3.8, 4) is 0 Å². The molecule has 1 aromatic heterocycles. The predicted octanol–water partition coefficient (Wildman–Crippen LogP) is 4.50. The molecule has 1 aromatic rings. The van der Waals surface area contributed by atoms with E-state index in [4.69, 9.17) is 0 Å². The summed E-state index contributed by atoms with van der Waals surface area (Å²) in [6.45, 7) is 10.3. The molecular formula is C19H30BrN3O3S. The van der Waals surface area contributed by atoms with Gasteiger partial charge in [0.25, 0.3) is 0 Å². The highest BCUT2D eigenvalue weighted by Crippen LogP contribution is 2.36. The number of carboxylic acid groups (broad SMARTS) is 1. The molecule has 6 nitrogen and oxygen atoms in total. The lowest BCUT2D eigenvalue weighted by molar-refractivity contribution is 0.117. The molecule has 2 heterocycles. The maximum absolute atomic E-state index is 12.6. The molecule has 0 radical (unpaired) electrons.